The molecule has 92 valence electrons. The number of benzene rings is 2. The molecule has 1 N–H and O–H groups in total. The maximum Gasteiger partial charge on any atom is 0.133 e. The zero-order valence-corrected chi connectivity index (χ0v) is 10.6. The van der Waals surface area contributed by atoms with Crippen LogP contribution in [0.15, 0.2) is 47.6 Å². The summed E-state index contributed by atoms with van der Waals surface area (Å²) in [5, 5.41) is 4.40. The summed E-state index contributed by atoms with van der Waals surface area (Å²) >= 11 is 5.82. The number of hydrazone groups is 1. The van der Waals surface area contributed by atoms with E-state index in [9.17, 15) is 4.39 Å². The van der Waals surface area contributed by atoms with Crippen LogP contribution in [0, 0.1) is 12.7 Å². The lowest BCUT2D eigenvalue weighted by atomic mass is 10.1. The Morgan fingerprint density at radius 1 is 1.22 bits per heavy atom. The monoisotopic (exact) mass is 262 g/mol. The average Bonchev–Trinajstić information content (AvgIpc) is 2.37. The summed E-state index contributed by atoms with van der Waals surface area (Å²) in [4.78, 5) is 0. The predicted molar refractivity (Wildman–Crippen MR) is 73.8 cm³/mol. The number of rotatable bonds is 3. The molecule has 0 saturated heterocycles. The number of hydrogen-bond acceptors (Lipinski definition) is 2. The predicted octanol–water partition coefficient (Wildman–Crippen LogP) is 4.23. The molecule has 2 rings (SSSR count). The van der Waals surface area contributed by atoms with E-state index >= 15 is 0 Å². The molecule has 0 unspecified atom stereocenters. The second kappa shape index (κ2) is 5.65. The van der Waals surface area contributed by atoms with Gasteiger partial charge in [0.2, 0.25) is 0 Å². The van der Waals surface area contributed by atoms with Gasteiger partial charge in [0, 0.05) is 10.6 Å². The smallest absolute Gasteiger partial charge is 0.133 e. The van der Waals surface area contributed by atoms with Crippen LogP contribution in [0.3, 0.4) is 0 Å². The van der Waals surface area contributed by atoms with E-state index in [0.29, 0.717) is 10.6 Å². The molecule has 0 aliphatic heterocycles. The lowest BCUT2D eigenvalue weighted by Gasteiger charge is -2.02. The number of aryl methyl sites for hydroxylation is 1. The van der Waals surface area contributed by atoms with E-state index < -0.39 is 0 Å². The van der Waals surface area contributed by atoms with Crippen molar-refractivity contribution in [3.05, 3.63) is 64.4 Å². The standard InChI is InChI=1S/C14H12ClFN2/c1-10-7-11(14(16)8-13(10)15)9-17-18-12-5-3-2-4-6-12/h2-9,18H,1H3. The van der Waals surface area contributed by atoms with Gasteiger partial charge >= 0.3 is 0 Å². The van der Waals surface area contributed by atoms with Gasteiger partial charge in [-0.2, -0.15) is 5.10 Å². The third-order valence-electron chi connectivity index (χ3n) is 2.45. The van der Waals surface area contributed by atoms with Gasteiger partial charge < -0.3 is 0 Å². The van der Waals surface area contributed by atoms with Gasteiger partial charge in [0.1, 0.15) is 5.82 Å². The van der Waals surface area contributed by atoms with Crippen LogP contribution >= 0.6 is 11.6 Å². The Labute approximate surface area is 110 Å². The first-order valence-electron chi connectivity index (χ1n) is 5.46. The number of nitrogens with one attached hydrogen (secondary N) is 1. The Hall–Kier alpha value is -1.87. The zero-order chi connectivity index (χ0) is 13.0. The van der Waals surface area contributed by atoms with Crippen LogP contribution < -0.4 is 5.43 Å². The van der Waals surface area contributed by atoms with Crippen molar-refractivity contribution in [2.75, 3.05) is 5.43 Å². The number of nitrogens with zero attached hydrogens (tertiary/aromatic N) is 1. The molecule has 0 atom stereocenters. The fourth-order valence-electron chi connectivity index (χ4n) is 1.47. The summed E-state index contributed by atoms with van der Waals surface area (Å²) < 4.78 is 13.6. The zero-order valence-electron chi connectivity index (χ0n) is 9.82. The van der Waals surface area contributed by atoms with Crippen molar-refractivity contribution in [1.29, 1.82) is 0 Å². The van der Waals surface area contributed by atoms with E-state index in [4.69, 9.17) is 11.6 Å². The third-order valence-corrected chi connectivity index (χ3v) is 2.86. The minimum atomic E-state index is -0.385. The van der Waals surface area contributed by atoms with Gasteiger partial charge in [-0.15, -0.1) is 0 Å². The van der Waals surface area contributed by atoms with Crippen LogP contribution in [0.25, 0.3) is 0 Å². The molecule has 0 bridgehead atoms. The van der Waals surface area contributed by atoms with Gasteiger partial charge in [-0.25, -0.2) is 4.39 Å². The van der Waals surface area contributed by atoms with E-state index in [0.717, 1.165) is 11.3 Å². The summed E-state index contributed by atoms with van der Waals surface area (Å²) in [6.45, 7) is 1.82. The Bertz CT molecular complexity index is 568. The second-order valence-corrected chi connectivity index (χ2v) is 4.27. The minimum absolute atomic E-state index is 0.385. The summed E-state index contributed by atoms with van der Waals surface area (Å²) in [5.74, 6) is -0.385. The molecule has 4 heteroatoms. The largest absolute Gasteiger partial charge is 0.279 e. The van der Waals surface area contributed by atoms with Crippen molar-refractivity contribution >= 4 is 23.5 Å². The van der Waals surface area contributed by atoms with E-state index in [1.807, 2.05) is 37.3 Å². The van der Waals surface area contributed by atoms with E-state index in [1.54, 1.807) is 6.07 Å². The number of halogens is 2. The van der Waals surface area contributed by atoms with Gasteiger partial charge in [0.05, 0.1) is 11.9 Å². The molecule has 2 aromatic carbocycles. The lowest BCUT2D eigenvalue weighted by molar-refractivity contribution is 0.625. The van der Waals surface area contributed by atoms with Crippen molar-refractivity contribution in [3.8, 4) is 0 Å². The molecule has 18 heavy (non-hydrogen) atoms. The molecule has 0 amide bonds. The quantitative estimate of drug-likeness (QED) is 0.650. The number of anilines is 1. The van der Waals surface area contributed by atoms with Crippen LogP contribution in [0.1, 0.15) is 11.1 Å². The van der Waals surface area contributed by atoms with Gasteiger partial charge in [0.25, 0.3) is 0 Å². The SMILES string of the molecule is Cc1cc(C=NNc2ccccc2)c(F)cc1Cl. The molecule has 0 aliphatic rings. The van der Waals surface area contributed by atoms with Crippen LogP contribution in [0.4, 0.5) is 10.1 Å². The minimum Gasteiger partial charge on any atom is -0.279 e. The van der Waals surface area contributed by atoms with Crippen molar-refractivity contribution in [1.82, 2.24) is 0 Å². The highest BCUT2D eigenvalue weighted by molar-refractivity contribution is 6.31. The van der Waals surface area contributed by atoms with Gasteiger partial charge in [-0.3, -0.25) is 5.43 Å². The molecular weight excluding hydrogens is 251 g/mol. The molecule has 0 heterocycles. The summed E-state index contributed by atoms with van der Waals surface area (Å²) in [6.07, 6.45) is 1.44. The lowest BCUT2D eigenvalue weighted by Crippen LogP contribution is -1.94. The molecule has 2 aromatic rings. The number of hydrogen-bond donors (Lipinski definition) is 1. The highest BCUT2D eigenvalue weighted by atomic mass is 35.5. The summed E-state index contributed by atoms with van der Waals surface area (Å²) in [7, 11) is 0. The molecule has 0 fully saturated rings. The van der Waals surface area contributed by atoms with Crippen molar-refractivity contribution in [2.45, 2.75) is 6.92 Å². The van der Waals surface area contributed by atoms with Crippen LogP contribution in [-0.4, -0.2) is 6.21 Å². The first-order valence-corrected chi connectivity index (χ1v) is 5.84. The van der Waals surface area contributed by atoms with Gasteiger partial charge in [0.15, 0.2) is 0 Å². The average molecular weight is 263 g/mol. The van der Waals surface area contributed by atoms with Crippen LogP contribution in [0.5, 0.6) is 0 Å². The van der Waals surface area contributed by atoms with Crippen molar-refractivity contribution < 1.29 is 4.39 Å². The van der Waals surface area contributed by atoms with E-state index in [-0.39, 0.29) is 5.82 Å². The van der Waals surface area contributed by atoms with Crippen LogP contribution in [-0.2, 0) is 0 Å². The topological polar surface area (TPSA) is 24.4 Å². The van der Waals surface area contributed by atoms with Crippen molar-refractivity contribution in [3.63, 3.8) is 0 Å². The second-order valence-electron chi connectivity index (χ2n) is 3.86. The molecule has 0 aromatic heterocycles. The Morgan fingerprint density at radius 2 is 1.94 bits per heavy atom. The molecular formula is C14H12ClFN2. The summed E-state index contributed by atoms with van der Waals surface area (Å²) in [5.41, 5.74) is 4.89. The normalized spacial score (nSPS) is 10.8. The highest BCUT2D eigenvalue weighted by Gasteiger charge is 2.03. The number of para-hydroxylation sites is 1. The Balaban J connectivity index is 2.12. The van der Waals surface area contributed by atoms with Crippen LogP contribution in [0.2, 0.25) is 5.02 Å². The first kappa shape index (κ1) is 12.6. The van der Waals surface area contributed by atoms with Gasteiger partial charge in [-0.1, -0.05) is 29.8 Å². The molecule has 2 nitrogen and oxygen atoms in total. The highest BCUT2D eigenvalue weighted by Crippen LogP contribution is 2.18. The maximum atomic E-state index is 13.6. The van der Waals surface area contributed by atoms with E-state index in [2.05, 4.69) is 10.5 Å². The maximum absolute atomic E-state index is 13.6. The Morgan fingerprint density at radius 3 is 2.67 bits per heavy atom. The Kier molecular flexibility index (Phi) is 3.95. The molecule has 0 aliphatic carbocycles. The molecule has 0 saturated carbocycles. The fourth-order valence-corrected chi connectivity index (χ4v) is 1.62. The third kappa shape index (κ3) is 3.08. The molecule has 0 spiro atoms. The first-order chi connectivity index (χ1) is 8.66. The van der Waals surface area contributed by atoms with Gasteiger partial charge in [-0.05, 0) is 36.8 Å². The molecule has 0 radical (unpaired) electrons. The van der Waals surface area contributed by atoms with E-state index in [1.165, 1.54) is 12.3 Å². The fraction of sp³-hybridized carbons (Fsp3) is 0.0714. The summed E-state index contributed by atoms with van der Waals surface area (Å²) in [6, 6.07) is 12.4. The van der Waals surface area contributed by atoms with Crippen molar-refractivity contribution in [2.24, 2.45) is 5.10 Å².